The van der Waals surface area contributed by atoms with Gasteiger partial charge in [-0.05, 0) is 123 Å². The van der Waals surface area contributed by atoms with Gasteiger partial charge in [-0.15, -0.1) is 0 Å². The van der Waals surface area contributed by atoms with Crippen LogP contribution in [0.4, 0.5) is 0 Å². The molecule has 0 radical (unpaired) electrons. The average molecular weight is 647 g/mol. The van der Waals surface area contributed by atoms with Crippen LogP contribution in [0.1, 0.15) is 118 Å². The van der Waals surface area contributed by atoms with Crippen LogP contribution in [0.25, 0.3) is 0 Å². The van der Waals surface area contributed by atoms with Crippen LogP contribution in [0.15, 0.2) is 42.5 Å². The van der Waals surface area contributed by atoms with Crippen LogP contribution in [0.5, 0.6) is 0 Å². The second-order valence-electron chi connectivity index (χ2n) is 17.3. The highest BCUT2D eigenvalue weighted by atomic mass is 16.6. The van der Waals surface area contributed by atoms with Crippen LogP contribution >= 0.6 is 0 Å². The Kier molecular flexibility index (Phi) is 8.78. The van der Waals surface area contributed by atoms with Gasteiger partial charge in [-0.25, -0.2) is 0 Å². The molecule has 47 heavy (non-hydrogen) atoms. The summed E-state index contributed by atoms with van der Waals surface area (Å²) in [5.74, 6) is 1.23. The fraction of sp³-hybridized carbons (Fsp3) is 0.732. The number of benzene rings is 1. The molecule has 6 nitrogen and oxygen atoms in total. The molecule has 6 heteroatoms. The monoisotopic (exact) mass is 646 g/mol. The molecule has 5 fully saturated rings. The van der Waals surface area contributed by atoms with Gasteiger partial charge in [0.25, 0.3) is 0 Å². The van der Waals surface area contributed by atoms with Crippen molar-refractivity contribution < 1.29 is 28.6 Å². The van der Waals surface area contributed by atoms with Crippen LogP contribution in [0.2, 0.25) is 0 Å². The SMILES string of the molecule is C=C(C)C1CC[C@]2(C(=O)OCc3ccccc3)CC[C@]3(C)C(CCC4[C@@]5(C)CC[C@H](OC(C)=O)[C@@](C)(COC(C)=O)C5CC[C@]43C)C12. The Bertz CT molecular complexity index is 1400. The van der Waals surface area contributed by atoms with Crippen LogP contribution < -0.4 is 0 Å². The number of hydrogen-bond donors (Lipinski definition) is 0. The normalized spacial score (nSPS) is 43.7. The first-order valence-corrected chi connectivity index (χ1v) is 18.3. The molecule has 5 aliphatic rings. The van der Waals surface area contributed by atoms with Crippen LogP contribution in [0.3, 0.4) is 0 Å². The summed E-state index contributed by atoms with van der Waals surface area (Å²) >= 11 is 0. The molecule has 0 N–H and O–H groups in total. The van der Waals surface area contributed by atoms with Crippen LogP contribution in [-0.4, -0.2) is 30.6 Å². The van der Waals surface area contributed by atoms with E-state index in [0.717, 1.165) is 69.8 Å². The summed E-state index contributed by atoms with van der Waals surface area (Å²) in [6.07, 6.45) is 9.67. The number of rotatable bonds is 7. The highest BCUT2D eigenvalue weighted by Crippen LogP contribution is 2.77. The molecule has 0 bridgehead atoms. The maximum atomic E-state index is 14.3. The van der Waals surface area contributed by atoms with Gasteiger partial charge in [0.15, 0.2) is 0 Å². The average Bonchev–Trinajstić information content (AvgIpc) is 3.42. The van der Waals surface area contributed by atoms with E-state index in [4.69, 9.17) is 14.2 Å². The molecule has 258 valence electrons. The molecule has 5 unspecified atom stereocenters. The van der Waals surface area contributed by atoms with Crippen molar-refractivity contribution in [1.29, 1.82) is 0 Å². The van der Waals surface area contributed by atoms with Gasteiger partial charge in [0.1, 0.15) is 19.3 Å². The first-order chi connectivity index (χ1) is 22.1. The zero-order valence-corrected chi connectivity index (χ0v) is 30.0. The fourth-order valence-electron chi connectivity index (χ4n) is 13.0. The Balaban J connectivity index is 1.32. The van der Waals surface area contributed by atoms with Gasteiger partial charge in [-0.3, -0.25) is 14.4 Å². The van der Waals surface area contributed by atoms with Gasteiger partial charge < -0.3 is 14.2 Å². The molecule has 0 aromatic heterocycles. The van der Waals surface area contributed by atoms with E-state index in [2.05, 4.69) is 41.2 Å². The molecule has 5 aliphatic carbocycles. The van der Waals surface area contributed by atoms with Crippen molar-refractivity contribution in [1.82, 2.24) is 0 Å². The van der Waals surface area contributed by atoms with E-state index in [9.17, 15) is 14.4 Å². The Morgan fingerprint density at radius 3 is 2.15 bits per heavy atom. The van der Waals surface area contributed by atoms with Crippen molar-refractivity contribution in [2.24, 2.45) is 56.7 Å². The van der Waals surface area contributed by atoms with Gasteiger partial charge in [-0.1, -0.05) is 70.2 Å². The smallest absolute Gasteiger partial charge is 0.312 e. The molecule has 0 spiro atoms. The minimum atomic E-state index is -0.447. The Morgan fingerprint density at radius 1 is 0.766 bits per heavy atom. The topological polar surface area (TPSA) is 78.9 Å². The minimum Gasteiger partial charge on any atom is -0.465 e. The number of carbonyl (C=O) groups is 3. The molecule has 1 aromatic carbocycles. The summed E-state index contributed by atoms with van der Waals surface area (Å²) in [7, 11) is 0. The van der Waals surface area contributed by atoms with Crippen molar-refractivity contribution in [3.05, 3.63) is 48.0 Å². The van der Waals surface area contributed by atoms with Gasteiger partial charge in [0.05, 0.1) is 5.41 Å². The highest BCUT2D eigenvalue weighted by Gasteiger charge is 2.72. The Morgan fingerprint density at radius 2 is 1.49 bits per heavy atom. The van der Waals surface area contributed by atoms with Crippen molar-refractivity contribution in [2.75, 3.05) is 6.61 Å². The van der Waals surface area contributed by atoms with Crippen LogP contribution in [0, 0.1) is 56.7 Å². The van der Waals surface area contributed by atoms with E-state index in [-0.39, 0.29) is 58.7 Å². The number of allylic oxidation sites excluding steroid dienone is 1. The predicted molar refractivity (Wildman–Crippen MR) is 182 cm³/mol. The van der Waals surface area contributed by atoms with Gasteiger partial charge in [-0.2, -0.15) is 0 Å². The predicted octanol–water partition coefficient (Wildman–Crippen LogP) is 8.86. The standard InChI is InChI=1S/C41H58O6/c1-26(2)30-16-21-41(36(44)45-24-29-12-10-9-11-13-29)23-22-39(7)31(35(30)41)14-15-33-37(5)19-18-34(47-28(4)43)38(6,25-46-27(3)42)32(37)17-20-40(33,39)8/h9-13,30-35H,1,14-25H2,2-8H3/t30?,31?,32?,33?,34-,35?,37-,38-,39+,40+,41-/m0/s1. The van der Waals surface area contributed by atoms with Gasteiger partial charge in [0, 0.05) is 19.3 Å². The zero-order chi connectivity index (χ0) is 34.0. The van der Waals surface area contributed by atoms with Gasteiger partial charge >= 0.3 is 17.9 Å². The number of esters is 3. The lowest BCUT2D eigenvalue weighted by atomic mass is 9.32. The second-order valence-corrected chi connectivity index (χ2v) is 17.3. The third-order valence-corrected chi connectivity index (χ3v) is 15.3. The van der Waals surface area contributed by atoms with E-state index in [1.165, 1.54) is 19.4 Å². The van der Waals surface area contributed by atoms with E-state index in [0.29, 0.717) is 24.4 Å². The maximum Gasteiger partial charge on any atom is 0.312 e. The lowest BCUT2D eigenvalue weighted by molar-refractivity contribution is -0.257. The molecule has 1 aromatic rings. The number of hydrogen-bond acceptors (Lipinski definition) is 6. The summed E-state index contributed by atoms with van der Waals surface area (Å²) in [6, 6.07) is 10.1. The third-order valence-electron chi connectivity index (χ3n) is 15.3. The summed E-state index contributed by atoms with van der Waals surface area (Å²) in [6.45, 7) is 20.1. The van der Waals surface area contributed by atoms with Crippen molar-refractivity contribution in [2.45, 2.75) is 125 Å². The second kappa shape index (κ2) is 12.1. The number of fused-ring (bicyclic) bond motifs is 7. The highest BCUT2D eigenvalue weighted by molar-refractivity contribution is 5.78. The molecular formula is C41H58O6. The molecule has 5 saturated carbocycles. The largest absolute Gasteiger partial charge is 0.465 e. The first-order valence-electron chi connectivity index (χ1n) is 18.3. The van der Waals surface area contributed by atoms with Crippen LogP contribution in [-0.2, 0) is 35.2 Å². The Hall–Kier alpha value is -2.63. The first kappa shape index (κ1) is 34.2. The summed E-state index contributed by atoms with van der Waals surface area (Å²) in [5.41, 5.74) is 1.56. The van der Waals surface area contributed by atoms with Crippen molar-refractivity contribution >= 4 is 17.9 Å². The quantitative estimate of drug-likeness (QED) is 0.167. The van der Waals surface area contributed by atoms with Gasteiger partial charge in [0.2, 0.25) is 0 Å². The maximum absolute atomic E-state index is 14.3. The third kappa shape index (κ3) is 5.21. The molecule has 6 rings (SSSR count). The number of carbonyl (C=O) groups excluding carboxylic acids is 3. The van der Waals surface area contributed by atoms with E-state index in [1.54, 1.807) is 0 Å². The van der Waals surface area contributed by atoms with E-state index in [1.807, 2.05) is 30.3 Å². The number of ether oxygens (including phenoxy) is 3. The summed E-state index contributed by atoms with van der Waals surface area (Å²) in [4.78, 5) is 38.6. The lowest BCUT2D eigenvalue weighted by Gasteiger charge is -2.72. The fourth-order valence-corrected chi connectivity index (χ4v) is 13.0. The molecular weight excluding hydrogens is 588 g/mol. The lowest BCUT2D eigenvalue weighted by Crippen LogP contribution is -2.68. The summed E-state index contributed by atoms with van der Waals surface area (Å²) in [5, 5.41) is 0. The molecule has 0 amide bonds. The minimum absolute atomic E-state index is 0.00475. The Labute approximate surface area is 282 Å². The molecule has 0 heterocycles. The molecule has 11 atom stereocenters. The van der Waals surface area contributed by atoms with Crippen molar-refractivity contribution in [3.8, 4) is 0 Å². The van der Waals surface area contributed by atoms with E-state index < -0.39 is 10.8 Å². The van der Waals surface area contributed by atoms with Crippen molar-refractivity contribution in [3.63, 3.8) is 0 Å². The van der Waals surface area contributed by atoms with E-state index >= 15 is 0 Å². The molecule has 0 saturated heterocycles. The summed E-state index contributed by atoms with van der Waals surface area (Å²) < 4.78 is 17.9. The zero-order valence-electron chi connectivity index (χ0n) is 30.0. The molecule has 0 aliphatic heterocycles.